The zero-order valence-corrected chi connectivity index (χ0v) is 20.7. The molecule has 0 spiro atoms. The van der Waals surface area contributed by atoms with Crippen LogP contribution in [0.15, 0.2) is 70.5 Å². The number of aryl methyl sites for hydroxylation is 2. The molecule has 0 radical (unpaired) electrons. The minimum absolute atomic E-state index is 0.0341. The maximum atomic E-state index is 13.1. The molecule has 10 nitrogen and oxygen atoms in total. The Morgan fingerprint density at radius 1 is 1.03 bits per heavy atom. The molecule has 37 heavy (non-hydrogen) atoms. The van der Waals surface area contributed by atoms with E-state index in [4.69, 9.17) is 14.5 Å². The first kappa shape index (κ1) is 24.0. The van der Waals surface area contributed by atoms with Crippen LogP contribution in [0.3, 0.4) is 0 Å². The summed E-state index contributed by atoms with van der Waals surface area (Å²) in [6.45, 7) is 0.139. The maximum absolute atomic E-state index is 13.1. The number of ether oxygens (including phenoxy) is 2. The number of benzene rings is 2. The van der Waals surface area contributed by atoms with Crippen molar-refractivity contribution in [2.24, 2.45) is 14.1 Å². The third kappa shape index (κ3) is 4.37. The fourth-order valence-electron chi connectivity index (χ4n) is 4.31. The van der Waals surface area contributed by atoms with Gasteiger partial charge in [-0.05, 0) is 42.8 Å². The third-order valence-corrected chi connectivity index (χ3v) is 6.28. The molecule has 3 aromatic heterocycles. The number of pyridine rings is 1. The first-order valence-corrected chi connectivity index (χ1v) is 11.7. The molecule has 0 atom stereocenters. The van der Waals surface area contributed by atoms with Crippen LogP contribution in [0.5, 0.6) is 5.75 Å². The minimum atomic E-state index is -0.504. The zero-order valence-electron chi connectivity index (χ0n) is 20.7. The number of fused-ring (bicyclic) bond motifs is 2. The summed E-state index contributed by atoms with van der Waals surface area (Å²) in [5.74, 6) is 0.219. The Hall–Kier alpha value is -4.73. The van der Waals surface area contributed by atoms with Crippen molar-refractivity contribution in [2.75, 3.05) is 13.7 Å². The highest BCUT2D eigenvalue weighted by atomic mass is 16.5. The van der Waals surface area contributed by atoms with Crippen LogP contribution in [0.25, 0.3) is 33.3 Å². The second-order valence-electron chi connectivity index (χ2n) is 8.62. The number of esters is 1. The van der Waals surface area contributed by atoms with Crippen LogP contribution in [0.4, 0.5) is 0 Å². The van der Waals surface area contributed by atoms with E-state index in [-0.39, 0.29) is 13.2 Å². The molecule has 10 heteroatoms. The van der Waals surface area contributed by atoms with E-state index in [1.807, 2.05) is 48.5 Å². The van der Waals surface area contributed by atoms with Gasteiger partial charge in [0.15, 0.2) is 11.2 Å². The van der Waals surface area contributed by atoms with Gasteiger partial charge in [0.2, 0.25) is 0 Å². The molecule has 5 rings (SSSR count). The Balaban J connectivity index is 1.36. The molecular formula is C27H25N5O5. The van der Waals surface area contributed by atoms with Crippen molar-refractivity contribution in [1.29, 1.82) is 0 Å². The van der Waals surface area contributed by atoms with Crippen molar-refractivity contribution in [3.63, 3.8) is 0 Å². The molecule has 3 heterocycles. The zero-order chi connectivity index (χ0) is 26.1. The first-order chi connectivity index (χ1) is 17.9. The van der Waals surface area contributed by atoms with Crippen LogP contribution < -0.4 is 16.0 Å². The quantitative estimate of drug-likeness (QED) is 0.250. The average molecular weight is 500 g/mol. The monoisotopic (exact) mass is 499 g/mol. The number of rotatable bonds is 7. The van der Waals surface area contributed by atoms with Gasteiger partial charge in [0, 0.05) is 31.6 Å². The van der Waals surface area contributed by atoms with E-state index < -0.39 is 17.2 Å². The second kappa shape index (κ2) is 9.73. The lowest BCUT2D eigenvalue weighted by Gasteiger charge is -2.11. The summed E-state index contributed by atoms with van der Waals surface area (Å²) in [6.07, 6.45) is 1.79. The summed E-state index contributed by atoms with van der Waals surface area (Å²) >= 11 is 0. The summed E-state index contributed by atoms with van der Waals surface area (Å²) in [6, 6.07) is 16.5. The summed E-state index contributed by atoms with van der Waals surface area (Å²) in [5, 5.41) is 0.677. The number of para-hydroxylation sites is 1. The molecule has 0 amide bonds. The third-order valence-electron chi connectivity index (χ3n) is 6.28. The number of nitrogens with zero attached hydrogens (tertiary/aromatic N) is 5. The summed E-state index contributed by atoms with van der Waals surface area (Å²) in [4.78, 5) is 47.5. The Morgan fingerprint density at radius 3 is 2.54 bits per heavy atom. The molecule has 0 aliphatic carbocycles. The molecule has 5 aromatic rings. The summed E-state index contributed by atoms with van der Waals surface area (Å²) in [7, 11) is 4.87. The van der Waals surface area contributed by atoms with Gasteiger partial charge in [-0.25, -0.2) is 19.6 Å². The van der Waals surface area contributed by atoms with Gasteiger partial charge in [-0.3, -0.25) is 13.9 Å². The highest BCUT2D eigenvalue weighted by Gasteiger charge is 2.17. The number of hydrogen-bond acceptors (Lipinski definition) is 7. The van der Waals surface area contributed by atoms with Gasteiger partial charge in [0.25, 0.3) is 5.56 Å². The summed E-state index contributed by atoms with van der Waals surface area (Å²) in [5.41, 5.74) is 2.31. The number of methoxy groups -OCH3 is 1. The van der Waals surface area contributed by atoms with Crippen molar-refractivity contribution in [2.45, 2.75) is 13.0 Å². The average Bonchev–Trinajstić information content (AvgIpc) is 3.32. The van der Waals surface area contributed by atoms with Gasteiger partial charge >= 0.3 is 11.7 Å². The van der Waals surface area contributed by atoms with Crippen LogP contribution in [0, 0.1) is 0 Å². The van der Waals surface area contributed by atoms with Gasteiger partial charge in [-0.15, -0.1) is 0 Å². The van der Waals surface area contributed by atoms with Crippen LogP contribution in [0.1, 0.15) is 16.8 Å². The number of carbonyl (C=O) groups excluding carboxylic acids is 1. The van der Waals surface area contributed by atoms with Crippen molar-refractivity contribution in [3.05, 3.63) is 87.3 Å². The Bertz CT molecular complexity index is 1750. The first-order valence-electron chi connectivity index (χ1n) is 11.7. The molecule has 0 aliphatic rings. The van der Waals surface area contributed by atoms with Crippen LogP contribution in [-0.4, -0.2) is 43.4 Å². The van der Waals surface area contributed by atoms with Crippen LogP contribution in [-0.2, 0) is 25.4 Å². The van der Waals surface area contributed by atoms with Crippen molar-refractivity contribution >= 4 is 28.0 Å². The van der Waals surface area contributed by atoms with Gasteiger partial charge in [0.05, 0.1) is 36.8 Å². The van der Waals surface area contributed by atoms with E-state index in [0.29, 0.717) is 39.7 Å². The number of carbonyl (C=O) groups is 1. The van der Waals surface area contributed by atoms with Crippen molar-refractivity contribution in [3.8, 4) is 17.0 Å². The smallest absolute Gasteiger partial charge is 0.338 e. The SMILES string of the molecule is COc1ccc(-c2cc(C(=O)OCCCn3c(=O)c4c(ncn4C)n(C)c3=O)c3ccccc3n2)cc1. The van der Waals surface area contributed by atoms with Crippen LogP contribution >= 0.6 is 0 Å². The van der Waals surface area contributed by atoms with E-state index >= 15 is 0 Å². The Kier molecular flexibility index (Phi) is 6.31. The van der Waals surface area contributed by atoms with E-state index in [0.717, 1.165) is 15.9 Å². The molecule has 0 saturated heterocycles. The van der Waals surface area contributed by atoms with E-state index in [9.17, 15) is 14.4 Å². The molecule has 188 valence electrons. The number of hydrogen-bond donors (Lipinski definition) is 0. The lowest BCUT2D eigenvalue weighted by Crippen LogP contribution is -2.39. The lowest BCUT2D eigenvalue weighted by atomic mass is 10.0. The largest absolute Gasteiger partial charge is 0.497 e. The highest BCUT2D eigenvalue weighted by Crippen LogP contribution is 2.27. The molecular weight excluding hydrogens is 474 g/mol. The fraction of sp³-hybridized carbons (Fsp3) is 0.222. The molecule has 0 unspecified atom stereocenters. The minimum Gasteiger partial charge on any atom is -0.497 e. The molecule has 2 aromatic carbocycles. The predicted octanol–water partition coefficient (Wildman–Crippen LogP) is 2.90. The van der Waals surface area contributed by atoms with Gasteiger partial charge in [0.1, 0.15) is 5.75 Å². The van der Waals surface area contributed by atoms with Crippen molar-refractivity contribution < 1.29 is 14.3 Å². The Labute approximate surface area is 211 Å². The molecule has 0 bridgehead atoms. The maximum Gasteiger partial charge on any atom is 0.338 e. The molecule has 0 aliphatic heterocycles. The summed E-state index contributed by atoms with van der Waals surface area (Å²) < 4.78 is 14.9. The van der Waals surface area contributed by atoms with Gasteiger partial charge in [-0.2, -0.15) is 0 Å². The normalized spacial score (nSPS) is 11.2. The number of imidazole rings is 1. The number of aromatic nitrogens is 5. The topological polar surface area (TPSA) is 110 Å². The van der Waals surface area contributed by atoms with Crippen molar-refractivity contribution in [1.82, 2.24) is 23.7 Å². The second-order valence-corrected chi connectivity index (χ2v) is 8.62. The molecule has 0 N–H and O–H groups in total. The standard InChI is InChI=1S/C27H25N5O5/c1-30-16-28-24-23(30)25(33)32(27(35)31(24)2)13-6-14-37-26(34)20-15-22(17-9-11-18(36-3)12-10-17)29-21-8-5-4-7-19(20)21/h4-5,7-12,15-16H,6,13-14H2,1-3H3. The van der Waals surface area contributed by atoms with E-state index in [2.05, 4.69) is 4.98 Å². The predicted molar refractivity (Wildman–Crippen MR) is 139 cm³/mol. The van der Waals surface area contributed by atoms with Gasteiger partial charge < -0.3 is 14.0 Å². The van der Waals surface area contributed by atoms with Crippen LogP contribution in [0.2, 0.25) is 0 Å². The van der Waals surface area contributed by atoms with Gasteiger partial charge in [-0.1, -0.05) is 18.2 Å². The highest BCUT2D eigenvalue weighted by molar-refractivity contribution is 6.04. The Morgan fingerprint density at radius 2 is 1.78 bits per heavy atom. The van der Waals surface area contributed by atoms with E-state index in [1.54, 1.807) is 31.8 Å². The fourth-order valence-corrected chi connectivity index (χ4v) is 4.31. The van der Waals surface area contributed by atoms with E-state index in [1.165, 1.54) is 10.9 Å². The molecule has 0 saturated carbocycles. The molecule has 0 fully saturated rings. The lowest BCUT2D eigenvalue weighted by molar-refractivity contribution is 0.0497.